The van der Waals surface area contributed by atoms with Gasteiger partial charge in [0.2, 0.25) is 0 Å². The number of thioether (sulfide) groups is 1. The Balaban J connectivity index is 2.25. The topological polar surface area (TPSA) is 83.9 Å². The summed E-state index contributed by atoms with van der Waals surface area (Å²) >= 11 is 0.736. The Morgan fingerprint density at radius 2 is 1.95 bits per heavy atom. The van der Waals surface area contributed by atoms with Crippen LogP contribution in [0.1, 0.15) is 12.5 Å². The van der Waals surface area contributed by atoms with Gasteiger partial charge < -0.3 is 9.84 Å². The van der Waals surface area contributed by atoms with Crippen LogP contribution in [0.2, 0.25) is 0 Å². The lowest BCUT2D eigenvalue weighted by atomic mass is 10.2. The zero-order chi connectivity index (χ0) is 15.6. The largest absolute Gasteiger partial charge is 0.497 e. The highest BCUT2D eigenvalue weighted by atomic mass is 32.2. The Morgan fingerprint density at radius 3 is 2.48 bits per heavy atom. The van der Waals surface area contributed by atoms with Gasteiger partial charge in [0.15, 0.2) is 0 Å². The molecule has 1 atom stereocenters. The van der Waals surface area contributed by atoms with Crippen molar-refractivity contribution in [2.75, 3.05) is 7.11 Å². The van der Waals surface area contributed by atoms with E-state index in [4.69, 9.17) is 9.84 Å². The summed E-state index contributed by atoms with van der Waals surface area (Å²) < 4.78 is 5.03. The van der Waals surface area contributed by atoms with Crippen LogP contribution in [-0.4, -0.2) is 40.3 Å². The summed E-state index contributed by atoms with van der Waals surface area (Å²) in [6.45, 7) is 1.30. The van der Waals surface area contributed by atoms with Crippen molar-refractivity contribution in [1.82, 2.24) is 4.90 Å². The summed E-state index contributed by atoms with van der Waals surface area (Å²) in [7, 11) is 1.55. The third-order valence-corrected chi connectivity index (χ3v) is 3.87. The lowest BCUT2D eigenvalue weighted by Crippen LogP contribution is -2.41. The SMILES string of the molecule is COc1ccc(/C=C2/SC(=O)N(C(C)C(=O)O)C2=O)cc1. The van der Waals surface area contributed by atoms with Crippen molar-refractivity contribution >= 4 is 35.0 Å². The summed E-state index contributed by atoms with van der Waals surface area (Å²) in [5, 5.41) is 8.35. The summed E-state index contributed by atoms with van der Waals surface area (Å²) in [6, 6.07) is 5.77. The van der Waals surface area contributed by atoms with Crippen molar-refractivity contribution < 1.29 is 24.2 Å². The number of ether oxygens (including phenoxy) is 1. The van der Waals surface area contributed by atoms with E-state index in [9.17, 15) is 14.4 Å². The Hall–Kier alpha value is -2.28. The lowest BCUT2D eigenvalue weighted by molar-refractivity contribution is -0.145. The highest BCUT2D eigenvalue weighted by Gasteiger charge is 2.40. The number of carbonyl (C=O) groups excluding carboxylic acids is 2. The minimum absolute atomic E-state index is 0.207. The van der Waals surface area contributed by atoms with Gasteiger partial charge in [0.25, 0.3) is 11.1 Å². The van der Waals surface area contributed by atoms with Gasteiger partial charge in [0.1, 0.15) is 11.8 Å². The van der Waals surface area contributed by atoms with Crippen molar-refractivity contribution in [3.8, 4) is 5.75 Å². The molecule has 1 aromatic carbocycles. The van der Waals surface area contributed by atoms with Gasteiger partial charge in [0, 0.05) is 0 Å². The van der Waals surface area contributed by atoms with Crippen molar-refractivity contribution in [2.45, 2.75) is 13.0 Å². The molecule has 2 rings (SSSR count). The molecule has 110 valence electrons. The summed E-state index contributed by atoms with van der Waals surface area (Å²) in [5.41, 5.74) is 0.726. The maximum atomic E-state index is 12.1. The number of methoxy groups -OCH3 is 1. The Bertz CT molecular complexity index is 623. The standard InChI is InChI=1S/C14H13NO5S/c1-8(13(17)18)15-12(16)11(21-14(15)19)7-9-3-5-10(20-2)6-4-9/h3-8H,1-2H3,(H,17,18)/b11-7+. The molecule has 1 aromatic rings. The Kier molecular flexibility index (Phi) is 4.32. The number of carboxylic acids is 1. The zero-order valence-corrected chi connectivity index (χ0v) is 12.2. The fraction of sp³-hybridized carbons (Fsp3) is 0.214. The summed E-state index contributed by atoms with van der Waals surface area (Å²) in [6.07, 6.45) is 1.55. The van der Waals surface area contributed by atoms with Gasteiger partial charge in [-0.25, -0.2) is 4.79 Å². The smallest absolute Gasteiger partial charge is 0.326 e. The number of amides is 2. The van der Waals surface area contributed by atoms with Crippen LogP contribution < -0.4 is 4.74 Å². The first-order valence-corrected chi connectivity index (χ1v) is 6.89. The second kappa shape index (κ2) is 6.01. The van der Waals surface area contributed by atoms with Gasteiger partial charge in [-0.3, -0.25) is 14.5 Å². The monoisotopic (exact) mass is 307 g/mol. The van der Waals surface area contributed by atoms with Crippen molar-refractivity contribution in [2.24, 2.45) is 0 Å². The van der Waals surface area contributed by atoms with Crippen LogP contribution >= 0.6 is 11.8 Å². The first-order chi connectivity index (χ1) is 9.93. The number of nitrogens with zero attached hydrogens (tertiary/aromatic N) is 1. The van der Waals surface area contributed by atoms with E-state index in [1.165, 1.54) is 6.92 Å². The average Bonchev–Trinajstić information content (AvgIpc) is 2.73. The van der Waals surface area contributed by atoms with Crippen LogP contribution in [0.3, 0.4) is 0 Å². The lowest BCUT2D eigenvalue weighted by Gasteiger charge is -2.16. The molecule has 1 unspecified atom stereocenters. The van der Waals surface area contributed by atoms with E-state index in [0.29, 0.717) is 5.75 Å². The maximum absolute atomic E-state index is 12.1. The number of carbonyl (C=O) groups is 3. The molecule has 7 heteroatoms. The van der Waals surface area contributed by atoms with Crippen LogP contribution in [0.15, 0.2) is 29.2 Å². The molecule has 0 radical (unpaired) electrons. The average molecular weight is 307 g/mol. The number of aliphatic carboxylic acids is 1. The van der Waals surface area contributed by atoms with Gasteiger partial charge >= 0.3 is 5.97 Å². The van der Waals surface area contributed by atoms with Crippen molar-refractivity contribution in [3.05, 3.63) is 34.7 Å². The van der Waals surface area contributed by atoms with E-state index in [1.807, 2.05) is 0 Å². The molecule has 0 aromatic heterocycles. The van der Waals surface area contributed by atoms with Crippen molar-refractivity contribution in [3.63, 3.8) is 0 Å². The molecule has 1 heterocycles. The van der Waals surface area contributed by atoms with E-state index in [1.54, 1.807) is 37.5 Å². The van der Waals surface area contributed by atoms with E-state index in [-0.39, 0.29) is 4.91 Å². The molecule has 0 aliphatic carbocycles. The predicted molar refractivity (Wildman–Crippen MR) is 77.9 cm³/mol. The third-order valence-electron chi connectivity index (χ3n) is 2.98. The van der Waals surface area contributed by atoms with Crippen molar-refractivity contribution in [1.29, 1.82) is 0 Å². The molecule has 1 N–H and O–H groups in total. The van der Waals surface area contributed by atoms with Gasteiger partial charge in [-0.15, -0.1) is 0 Å². The number of hydrogen-bond acceptors (Lipinski definition) is 5. The number of imide groups is 1. The Labute approximate surface area is 125 Å². The molecule has 0 bridgehead atoms. The molecule has 0 spiro atoms. The highest BCUT2D eigenvalue weighted by Crippen LogP contribution is 2.33. The summed E-state index contributed by atoms with van der Waals surface area (Å²) in [4.78, 5) is 35.8. The fourth-order valence-electron chi connectivity index (χ4n) is 1.78. The van der Waals surface area contributed by atoms with E-state index in [0.717, 1.165) is 22.2 Å². The van der Waals surface area contributed by atoms with Gasteiger partial charge in [0.05, 0.1) is 12.0 Å². The number of rotatable bonds is 4. The van der Waals surface area contributed by atoms with Gasteiger partial charge in [-0.05, 0) is 42.5 Å². The van der Waals surface area contributed by atoms with Crippen LogP contribution in [0.25, 0.3) is 6.08 Å². The molecule has 1 saturated heterocycles. The van der Waals surface area contributed by atoms with Gasteiger partial charge in [-0.2, -0.15) is 0 Å². The molecule has 6 nitrogen and oxygen atoms in total. The van der Waals surface area contributed by atoms with E-state index < -0.39 is 23.2 Å². The van der Waals surface area contributed by atoms with Crippen LogP contribution in [0.5, 0.6) is 5.75 Å². The third kappa shape index (κ3) is 3.08. The maximum Gasteiger partial charge on any atom is 0.326 e. The zero-order valence-electron chi connectivity index (χ0n) is 11.4. The molecule has 0 saturated carbocycles. The minimum Gasteiger partial charge on any atom is -0.497 e. The molecular formula is C14H13NO5S. The van der Waals surface area contributed by atoms with E-state index >= 15 is 0 Å². The molecule has 1 aliphatic heterocycles. The van der Waals surface area contributed by atoms with Crippen LogP contribution in [-0.2, 0) is 9.59 Å². The van der Waals surface area contributed by atoms with Crippen LogP contribution in [0, 0.1) is 0 Å². The minimum atomic E-state index is -1.22. The summed E-state index contributed by atoms with van der Waals surface area (Å²) in [5.74, 6) is -1.13. The van der Waals surface area contributed by atoms with Gasteiger partial charge in [-0.1, -0.05) is 12.1 Å². The highest BCUT2D eigenvalue weighted by molar-refractivity contribution is 8.18. The van der Waals surface area contributed by atoms with Crippen LogP contribution in [0.4, 0.5) is 4.79 Å². The molecular weight excluding hydrogens is 294 g/mol. The first kappa shape index (κ1) is 15.1. The second-order valence-corrected chi connectivity index (χ2v) is 5.33. The van der Waals surface area contributed by atoms with E-state index in [2.05, 4.69) is 0 Å². The first-order valence-electron chi connectivity index (χ1n) is 6.08. The number of hydrogen-bond donors (Lipinski definition) is 1. The fourth-order valence-corrected chi connectivity index (χ4v) is 2.68. The normalized spacial score (nSPS) is 18.2. The molecule has 1 fully saturated rings. The second-order valence-electron chi connectivity index (χ2n) is 4.34. The number of benzene rings is 1. The number of carboxylic acid groups (broad SMARTS) is 1. The molecule has 2 amide bonds. The molecule has 21 heavy (non-hydrogen) atoms. The Morgan fingerprint density at radius 1 is 1.33 bits per heavy atom. The quantitative estimate of drug-likeness (QED) is 0.859. The predicted octanol–water partition coefficient (Wildman–Crippen LogP) is 2.20. The molecule has 1 aliphatic rings.